The molecule has 0 spiro atoms. The number of fused-ring (bicyclic) bond motifs is 1. The van der Waals surface area contributed by atoms with E-state index in [4.69, 9.17) is 4.98 Å². The first-order valence-corrected chi connectivity index (χ1v) is 13.9. The normalized spacial score (nSPS) is 17.9. The number of hydrogen-bond donors (Lipinski definition) is 1. The van der Waals surface area contributed by atoms with E-state index in [2.05, 4.69) is 24.1 Å². The Labute approximate surface area is 207 Å². The highest BCUT2D eigenvalue weighted by molar-refractivity contribution is 7.89. The molecule has 184 valence electrons. The van der Waals surface area contributed by atoms with Gasteiger partial charge in [-0.05, 0) is 55.0 Å². The van der Waals surface area contributed by atoms with Gasteiger partial charge in [-0.25, -0.2) is 13.4 Å². The molecule has 1 aliphatic heterocycles. The van der Waals surface area contributed by atoms with Crippen molar-refractivity contribution in [1.29, 1.82) is 0 Å². The minimum Gasteiger partial charge on any atom is -0.354 e. The van der Waals surface area contributed by atoms with Gasteiger partial charge < -0.3 is 10.2 Å². The summed E-state index contributed by atoms with van der Waals surface area (Å²) < 4.78 is 28.0. The van der Waals surface area contributed by atoms with Crippen molar-refractivity contribution in [2.75, 3.05) is 31.1 Å². The van der Waals surface area contributed by atoms with Gasteiger partial charge in [0.15, 0.2) is 0 Å². The number of hydrogen-bond acceptors (Lipinski definition) is 5. The summed E-state index contributed by atoms with van der Waals surface area (Å²) in [6.45, 7) is 6.03. The van der Waals surface area contributed by atoms with Gasteiger partial charge in [0.25, 0.3) is 5.91 Å². The average Bonchev–Trinajstić information content (AvgIpc) is 3.71. The molecule has 8 heteroatoms. The molecular formula is C27H32N4O3S. The maximum atomic E-state index is 13.2. The van der Waals surface area contributed by atoms with Crippen molar-refractivity contribution in [2.24, 2.45) is 0 Å². The molecule has 2 heterocycles. The van der Waals surface area contributed by atoms with Crippen molar-refractivity contribution in [1.82, 2.24) is 14.6 Å². The van der Waals surface area contributed by atoms with Crippen molar-refractivity contribution in [3.63, 3.8) is 0 Å². The lowest BCUT2D eigenvalue weighted by molar-refractivity contribution is 0.0952. The molecule has 1 saturated heterocycles. The lowest BCUT2D eigenvalue weighted by Gasteiger charge is -2.35. The first kappa shape index (κ1) is 23.8. The number of carbonyl (C=O) groups is 1. The Balaban J connectivity index is 1.33. The fourth-order valence-corrected chi connectivity index (χ4v) is 5.93. The van der Waals surface area contributed by atoms with Crippen molar-refractivity contribution < 1.29 is 13.2 Å². The summed E-state index contributed by atoms with van der Waals surface area (Å²) in [6.07, 6.45) is 3.07. The standard InChI is InChI=1S/C27H32N4O3S/c1-3-19(2)20-8-12-22(13-9-20)35(33,34)31-16-14-30(15-17-31)26-18-24(27(32)28-21-10-11-21)23-6-4-5-7-25(23)29-26/h4-9,12-13,18-19,21H,3,10-11,14-17H2,1-2H3,(H,28,32). The largest absolute Gasteiger partial charge is 0.354 e. The van der Waals surface area contributed by atoms with Crippen LogP contribution in [0.25, 0.3) is 10.9 Å². The third-order valence-electron chi connectivity index (χ3n) is 7.12. The van der Waals surface area contributed by atoms with Crippen LogP contribution >= 0.6 is 0 Å². The van der Waals surface area contributed by atoms with Crippen LogP contribution in [-0.2, 0) is 10.0 Å². The molecule has 7 nitrogen and oxygen atoms in total. The Morgan fingerprint density at radius 3 is 2.40 bits per heavy atom. The summed E-state index contributed by atoms with van der Waals surface area (Å²) in [7, 11) is -3.56. The van der Waals surface area contributed by atoms with E-state index in [0.29, 0.717) is 48.4 Å². The van der Waals surface area contributed by atoms with Crippen molar-refractivity contribution in [2.45, 2.75) is 50.0 Å². The molecule has 2 aromatic carbocycles. The number of rotatable bonds is 7. The second-order valence-electron chi connectivity index (χ2n) is 9.56. The number of aromatic nitrogens is 1. The molecule has 1 saturated carbocycles. The van der Waals surface area contributed by atoms with E-state index in [9.17, 15) is 13.2 Å². The molecule has 1 unspecified atom stereocenters. The van der Waals surface area contributed by atoms with Crippen LogP contribution < -0.4 is 10.2 Å². The van der Waals surface area contributed by atoms with Crippen LogP contribution in [0, 0.1) is 0 Å². The monoisotopic (exact) mass is 492 g/mol. The molecule has 0 radical (unpaired) electrons. The van der Waals surface area contributed by atoms with Crippen molar-refractivity contribution >= 4 is 32.7 Å². The number of pyridine rings is 1. The molecule has 5 rings (SSSR count). The number of nitrogens with one attached hydrogen (secondary N) is 1. The Morgan fingerprint density at radius 1 is 1.06 bits per heavy atom. The molecule has 1 N–H and O–H groups in total. The van der Waals surface area contributed by atoms with Gasteiger partial charge >= 0.3 is 0 Å². The molecule has 35 heavy (non-hydrogen) atoms. The maximum absolute atomic E-state index is 13.2. The molecule has 1 aliphatic carbocycles. The topological polar surface area (TPSA) is 82.6 Å². The fraction of sp³-hybridized carbons (Fsp3) is 0.407. The van der Waals surface area contributed by atoms with Crippen molar-refractivity contribution in [3.8, 4) is 0 Å². The van der Waals surface area contributed by atoms with Gasteiger partial charge in [0.2, 0.25) is 10.0 Å². The van der Waals surface area contributed by atoms with Crippen LogP contribution in [0.3, 0.4) is 0 Å². The van der Waals surface area contributed by atoms with Crippen LogP contribution in [0.4, 0.5) is 5.82 Å². The quantitative estimate of drug-likeness (QED) is 0.536. The summed E-state index contributed by atoms with van der Waals surface area (Å²) in [5.41, 5.74) is 2.54. The number of anilines is 1. The molecule has 0 bridgehead atoms. The van der Waals surface area contributed by atoms with Crippen LogP contribution in [0.15, 0.2) is 59.5 Å². The zero-order chi connectivity index (χ0) is 24.6. The molecule has 2 aliphatic rings. The number of amides is 1. The summed E-state index contributed by atoms with van der Waals surface area (Å²) >= 11 is 0. The predicted octanol–water partition coefficient (Wildman–Crippen LogP) is 4.15. The number of piperazine rings is 1. The minimum absolute atomic E-state index is 0.0746. The zero-order valence-electron chi connectivity index (χ0n) is 20.3. The first-order valence-electron chi connectivity index (χ1n) is 12.4. The number of benzene rings is 2. The smallest absolute Gasteiger partial charge is 0.252 e. The van der Waals surface area contributed by atoms with Gasteiger partial charge in [-0.3, -0.25) is 4.79 Å². The predicted molar refractivity (Wildman–Crippen MR) is 138 cm³/mol. The Bertz CT molecular complexity index is 1330. The molecule has 1 amide bonds. The van der Waals surface area contributed by atoms with Crippen molar-refractivity contribution in [3.05, 3.63) is 65.7 Å². The lowest BCUT2D eigenvalue weighted by Crippen LogP contribution is -2.49. The van der Waals surface area contributed by atoms with Gasteiger partial charge in [0.1, 0.15) is 5.82 Å². The molecule has 1 aromatic heterocycles. The number of para-hydroxylation sites is 1. The molecule has 2 fully saturated rings. The van der Waals surface area contributed by atoms with Crippen LogP contribution in [0.1, 0.15) is 54.9 Å². The summed E-state index contributed by atoms with van der Waals surface area (Å²) in [5.74, 6) is 1.04. The van der Waals surface area contributed by atoms with Crippen LogP contribution in [-0.4, -0.2) is 55.8 Å². The van der Waals surface area contributed by atoms with Crippen LogP contribution in [0.5, 0.6) is 0 Å². The summed E-state index contributed by atoms with van der Waals surface area (Å²) in [4.78, 5) is 20.1. The van der Waals surface area contributed by atoms with Gasteiger partial charge in [0, 0.05) is 37.6 Å². The van der Waals surface area contributed by atoms with Gasteiger partial charge in [-0.2, -0.15) is 4.31 Å². The maximum Gasteiger partial charge on any atom is 0.252 e. The van der Waals surface area contributed by atoms with E-state index >= 15 is 0 Å². The summed E-state index contributed by atoms with van der Waals surface area (Å²) in [5, 5.41) is 3.91. The van der Waals surface area contributed by atoms with E-state index < -0.39 is 10.0 Å². The molecule has 1 atom stereocenters. The van der Waals surface area contributed by atoms with E-state index in [1.165, 1.54) is 0 Å². The third kappa shape index (κ3) is 4.90. The zero-order valence-corrected chi connectivity index (χ0v) is 21.1. The average molecular weight is 493 g/mol. The van der Waals surface area contributed by atoms with Gasteiger partial charge in [-0.15, -0.1) is 0 Å². The highest BCUT2D eigenvalue weighted by Gasteiger charge is 2.30. The number of carbonyl (C=O) groups excluding carboxylic acids is 1. The highest BCUT2D eigenvalue weighted by Crippen LogP contribution is 2.27. The Hall–Kier alpha value is -2.97. The fourth-order valence-electron chi connectivity index (χ4n) is 4.51. The second-order valence-corrected chi connectivity index (χ2v) is 11.5. The minimum atomic E-state index is -3.56. The summed E-state index contributed by atoms with van der Waals surface area (Å²) in [6, 6.07) is 17.1. The Morgan fingerprint density at radius 2 is 1.74 bits per heavy atom. The van der Waals surface area contributed by atoms with E-state index in [1.54, 1.807) is 16.4 Å². The first-order chi connectivity index (χ1) is 16.9. The second kappa shape index (κ2) is 9.59. The highest BCUT2D eigenvalue weighted by atomic mass is 32.2. The van der Waals surface area contributed by atoms with E-state index in [0.717, 1.165) is 35.7 Å². The molecule has 3 aromatic rings. The van der Waals surface area contributed by atoms with Gasteiger partial charge in [-0.1, -0.05) is 44.2 Å². The van der Waals surface area contributed by atoms with Gasteiger partial charge in [0.05, 0.1) is 16.0 Å². The number of nitrogens with zero attached hydrogens (tertiary/aromatic N) is 3. The molecular weight excluding hydrogens is 460 g/mol. The number of sulfonamides is 1. The van der Waals surface area contributed by atoms with E-state index in [1.807, 2.05) is 42.5 Å². The third-order valence-corrected chi connectivity index (χ3v) is 9.03. The lowest BCUT2D eigenvalue weighted by atomic mass is 9.99. The van der Waals surface area contributed by atoms with Crippen LogP contribution in [0.2, 0.25) is 0 Å². The Kier molecular flexibility index (Phi) is 6.51. The SMILES string of the molecule is CCC(C)c1ccc(S(=O)(=O)N2CCN(c3cc(C(=O)NC4CC4)c4ccccc4n3)CC2)cc1. The van der Waals surface area contributed by atoms with E-state index in [-0.39, 0.29) is 11.9 Å².